The van der Waals surface area contributed by atoms with Crippen molar-refractivity contribution in [2.24, 2.45) is 0 Å². The molecule has 2 atom stereocenters. The van der Waals surface area contributed by atoms with Gasteiger partial charge in [-0.1, -0.05) is 0 Å². The van der Waals surface area contributed by atoms with Gasteiger partial charge in [0.05, 0.1) is 32.4 Å². The third-order valence-electron chi connectivity index (χ3n) is 5.36. The first-order chi connectivity index (χ1) is 16.3. The fourth-order valence-corrected chi connectivity index (χ4v) is 3.64. The van der Waals surface area contributed by atoms with Crippen LogP contribution in [0.15, 0.2) is 42.5 Å². The van der Waals surface area contributed by atoms with E-state index < -0.39 is 30.2 Å². The number of cyclic esters (lactones) is 2. The van der Waals surface area contributed by atoms with Crippen molar-refractivity contribution in [2.75, 3.05) is 43.2 Å². The first-order valence-electron chi connectivity index (χ1n) is 10.6. The smallest absolute Gasteiger partial charge is 0.414 e. The van der Waals surface area contributed by atoms with Gasteiger partial charge in [-0.25, -0.2) is 14.0 Å². The van der Waals surface area contributed by atoms with Gasteiger partial charge in [-0.05, 0) is 36.4 Å². The maximum absolute atomic E-state index is 14.7. The molecule has 3 amide bonds. The Labute approximate surface area is 195 Å². The quantitative estimate of drug-likeness (QED) is 0.628. The predicted octanol–water partition coefficient (Wildman–Crippen LogP) is 2.70. The molecule has 0 bridgehead atoms. The van der Waals surface area contributed by atoms with Crippen LogP contribution in [0.1, 0.15) is 6.92 Å². The summed E-state index contributed by atoms with van der Waals surface area (Å²) in [4.78, 5) is 38.1. The van der Waals surface area contributed by atoms with Crippen LogP contribution in [0.5, 0.6) is 11.5 Å². The molecule has 34 heavy (non-hydrogen) atoms. The van der Waals surface area contributed by atoms with Crippen LogP contribution in [0.25, 0.3) is 0 Å². The van der Waals surface area contributed by atoms with Gasteiger partial charge in [0.1, 0.15) is 18.5 Å². The van der Waals surface area contributed by atoms with E-state index in [2.05, 4.69) is 5.32 Å². The molecule has 2 aliphatic heterocycles. The Morgan fingerprint density at radius 3 is 2.29 bits per heavy atom. The zero-order chi connectivity index (χ0) is 24.2. The van der Waals surface area contributed by atoms with Crippen LogP contribution in [-0.2, 0) is 14.3 Å². The molecular formula is C23H24FN3O7. The fraction of sp³-hybridized carbons (Fsp3) is 0.348. The van der Waals surface area contributed by atoms with Crippen LogP contribution in [0.3, 0.4) is 0 Å². The second-order valence-electron chi connectivity index (χ2n) is 7.79. The summed E-state index contributed by atoms with van der Waals surface area (Å²) >= 11 is 0. The molecule has 2 heterocycles. The second-order valence-corrected chi connectivity index (χ2v) is 7.79. The van der Waals surface area contributed by atoms with Gasteiger partial charge >= 0.3 is 12.2 Å². The van der Waals surface area contributed by atoms with Crippen molar-refractivity contribution in [3.8, 4) is 11.5 Å². The van der Waals surface area contributed by atoms with E-state index in [-0.39, 0.29) is 37.9 Å². The number of rotatable bonds is 8. The number of amides is 3. The topological polar surface area (TPSA) is 107 Å². The highest BCUT2D eigenvalue weighted by atomic mass is 19.1. The van der Waals surface area contributed by atoms with Crippen molar-refractivity contribution in [3.05, 3.63) is 48.3 Å². The van der Waals surface area contributed by atoms with E-state index in [0.29, 0.717) is 17.1 Å². The Morgan fingerprint density at radius 1 is 1.03 bits per heavy atom. The molecule has 2 aliphatic rings. The molecule has 0 unspecified atom stereocenters. The molecule has 0 saturated carbocycles. The molecule has 2 fully saturated rings. The Morgan fingerprint density at radius 2 is 1.65 bits per heavy atom. The summed E-state index contributed by atoms with van der Waals surface area (Å²) in [7, 11) is 1.56. The third-order valence-corrected chi connectivity index (χ3v) is 5.36. The lowest BCUT2D eigenvalue weighted by molar-refractivity contribution is -0.119. The number of hydrogen-bond donors (Lipinski definition) is 1. The molecule has 1 N–H and O–H groups in total. The highest BCUT2D eigenvalue weighted by Crippen LogP contribution is 2.28. The van der Waals surface area contributed by atoms with E-state index in [1.165, 1.54) is 34.9 Å². The van der Waals surface area contributed by atoms with E-state index in [1.807, 2.05) is 0 Å². The van der Waals surface area contributed by atoms with E-state index in [0.717, 1.165) is 0 Å². The first kappa shape index (κ1) is 23.1. The average molecular weight is 473 g/mol. The summed E-state index contributed by atoms with van der Waals surface area (Å²) in [6.07, 6.45) is -2.26. The SMILES string of the molecule is COc1ccc(N2C[C@H](COc3ccc(N4C[C@H](CNC(C)=O)OC4=O)cc3F)OC2=O)cc1. The number of benzene rings is 2. The molecule has 10 nitrogen and oxygen atoms in total. The van der Waals surface area contributed by atoms with Gasteiger partial charge < -0.3 is 24.3 Å². The summed E-state index contributed by atoms with van der Waals surface area (Å²) in [6.45, 7) is 1.93. The van der Waals surface area contributed by atoms with E-state index in [1.54, 1.807) is 31.4 Å². The van der Waals surface area contributed by atoms with Crippen molar-refractivity contribution in [2.45, 2.75) is 19.1 Å². The molecule has 11 heteroatoms. The minimum atomic E-state index is -0.674. The van der Waals surface area contributed by atoms with Gasteiger partial charge in [0, 0.05) is 18.7 Å². The largest absolute Gasteiger partial charge is 0.497 e. The number of ether oxygens (including phenoxy) is 4. The summed E-state index contributed by atoms with van der Waals surface area (Å²) in [6, 6.07) is 11.1. The van der Waals surface area contributed by atoms with E-state index in [4.69, 9.17) is 18.9 Å². The Bertz CT molecular complexity index is 1080. The minimum absolute atomic E-state index is 0.0370. The summed E-state index contributed by atoms with van der Waals surface area (Å²) in [5.74, 6) is -0.278. The van der Waals surface area contributed by atoms with Crippen molar-refractivity contribution in [3.63, 3.8) is 0 Å². The number of anilines is 2. The van der Waals surface area contributed by atoms with E-state index >= 15 is 0 Å². The summed E-state index contributed by atoms with van der Waals surface area (Å²) < 4.78 is 35.8. The number of carbonyl (C=O) groups excluding carboxylic acids is 3. The molecule has 2 aromatic rings. The average Bonchev–Trinajstić information content (AvgIpc) is 3.38. The summed E-state index contributed by atoms with van der Waals surface area (Å²) in [5, 5.41) is 2.58. The van der Waals surface area contributed by atoms with Crippen molar-refractivity contribution < 1.29 is 37.7 Å². The zero-order valence-corrected chi connectivity index (χ0v) is 18.7. The van der Waals surface area contributed by atoms with Crippen molar-refractivity contribution >= 4 is 29.5 Å². The molecule has 0 aromatic heterocycles. The first-order valence-corrected chi connectivity index (χ1v) is 10.6. The molecular weight excluding hydrogens is 449 g/mol. The van der Waals surface area contributed by atoms with Crippen LogP contribution >= 0.6 is 0 Å². The Balaban J connectivity index is 1.33. The normalized spacial score (nSPS) is 19.6. The van der Waals surface area contributed by atoms with Crippen LogP contribution in [0.2, 0.25) is 0 Å². The molecule has 2 saturated heterocycles. The van der Waals surface area contributed by atoms with Crippen LogP contribution in [-0.4, -0.2) is 63.7 Å². The monoisotopic (exact) mass is 473 g/mol. The van der Waals surface area contributed by atoms with Crippen LogP contribution in [0, 0.1) is 5.82 Å². The third kappa shape index (κ3) is 5.13. The fourth-order valence-electron chi connectivity index (χ4n) is 3.64. The molecule has 2 aromatic carbocycles. The number of hydrogen-bond acceptors (Lipinski definition) is 7. The van der Waals surface area contributed by atoms with E-state index in [9.17, 15) is 18.8 Å². The lowest BCUT2D eigenvalue weighted by Gasteiger charge is -2.16. The van der Waals surface area contributed by atoms with Gasteiger partial charge in [-0.3, -0.25) is 14.6 Å². The molecule has 4 rings (SSSR count). The number of nitrogens with zero attached hydrogens (tertiary/aromatic N) is 2. The molecule has 180 valence electrons. The Kier molecular flexibility index (Phi) is 6.71. The predicted molar refractivity (Wildman–Crippen MR) is 119 cm³/mol. The zero-order valence-electron chi connectivity index (χ0n) is 18.7. The summed E-state index contributed by atoms with van der Waals surface area (Å²) in [5.41, 5.74) is 0.955. The highest BCUT2D eigenvalue weighted by Gasteiger charge is 2.34. The number of carbonyl (C=O) groups is 3. The molecule has 0 aliphatic carbocycles. The maximum atomic E-state index is 14.7. The lowest BCUT2D eigenvalue weighted by atomic mass is 10.2. The van der Waals surface area contributed by atoms with Gasteiger partial charge in [0.25, 0.3) is 0 Å². The number of nitrogens with one attached hydrogen (secondary N) is 1. The Hall–Kier alpha value is -4.02. The minimum Gasteiger partial charge on any atom is -0.497 e. The van der Waals surface area contributed by atoms with Gasteiger partial charge in [0.15, 0.2) is 17.7 Å². The van der Waals surface area contributed by atoms with Crippen LogP contribution in [0.4, 0.5) is 25.4 Å². The molecule has 0 spiro atoms. The van der Waals surface area contributed by atoms with Gasteiger partial charge in [-0.2, -0.15) is 0 Å². The number of halogens is 1. The standard InChI is InChI=1S/C23H24FN3O7/c1-14(28)25-10-18-11-27(23(30)33-18)16-5-8-21(20(24)9-16)32-13-19-12-26(22(29)34-19)15-3-6-17(31-2)7-4-15/h3-9,18-19H,10-13H2,1-2H3,(H,25,28)/t18-,19+/m0/s1. The van der Waals surface area contributed by atoms with Crippen molar-refractivity contribution in [1.82, 2.24) is 5.32 Å². The highest BCUT2D eigenvalue weighted by molar-refractivity contribution is 5.90. The van der Waals surface area contributed by atoms with Crippen LogP contribution < -0.4 is 24.6 Å². The second kappa shape index (κ2) is 9.86. The van der Waals surface area contributed by atoms with Gasteiger partial charge in [0.2, 0.25) is 5.91 Å². The molecule has 0 radical (unpaired) electrons. The number of methoxy groups -OCH3 is 1. The van der Waals surface area contributed by atoms with Gasteiger partial charge in [-0.15, -0.1) is 0 Å². The van der Waals surface area contributed by atoms with Crippen molar-refractivity contribution in [1.29, 1.82) is 0 Å². The maximum Gasteiger partial charge on any atom is 0.414 e. The lowest BCUT2D eigenvalue weighted by Crippen LogP contribution is -2.33.